The standard InChI is InChI=1S/C40H32N2S/c1-25-26(2)30-20-23-42-24-28(18-17-27-10-9-14-34-32-12-5-6-16-36(32)43-40(27)34)31-11-3-4-13-33(31)39(42)38(30)37-29(25)19-22-41-21-8-7-15-35(37)41/h3-18,21,24H,19-20,22-23H2,1-2H3/q+2/b18-17+. The normalized spacial score (nSPS) is 13.8. The van der Waals surface area contributed by atoms with Gasteiger partial charge < -0.3 is 0 Å². The van der Waals surface area contributed by atoms with Gasteiger partial charge in [0.05, 0.1) is 16.5 Å². The Bertz CT molecular complexity index is 2320. The predicted molar refractivity (Wildman–Crippen MR) is 180 cm³/mol. The van der Waals surface area contributed by atoms with Crippen LogP contribution in [-0.4, -0.2) is 0 Å². The van der Waals surface area contributed by atoms with Crippen LogP contribution in [0.15, 0.2) is 97.3 Å². The number of hydrogen-bond donors (Lipinski definition) is 0. The van der Waals surface area contributed by atoms with Crippen LogP contribution >= 0.6 is 11.3 Å². The van der Waals surface area contributed by atoms with Gasteiger partial charge in [0.25, 0.3) is 0 Å². The van der Waals surface area contributed by atoms with Gasteiger partial charge in [0.15, 0.2) is 25.5 Å². The summed E-state index contributed by atoms with van der Waals surface area (Å²) in [7, 11) is 0. The van der Waals surface area contributed by atoms with Crippen LogP contribution in [0.2, 0.25) is 0 Å². The van der Waals surface area contributed by atoms with E-state index in [1.54, 1.807) is 0 Å². The minimum Gasteiger partial charge on any atom is -0.198 e. The highest BCUT2D eigenvalue weighted by molar-refractivity contribution is 7.26. The van der Waals surface area contributed by atoms with Crippen molar-refractivity contribution in [1.82, 2.24) is 0 Å². The zero-order valence-electron chi connectivity index (χ0n) is 24.5. The molecule has 0 unspecified atom stereocenters. The summed E-state index contributed by atoms with van der Waals surface area (Å²) in [5.74, 6) is 0. The van der Waals surface area contributed by atoms with Crippen LogP contribution in [0.1, 0.15) is 33.4 Å². The van der Waals surface area contributed by atoms with Gasteiger partial charge in [-0.25, -0.2) is 0 Å². The molecule has 4 aromatic carbocycles. The zero-order chi connectivity index (χ0) is 28.7. The van der Waals surface area contributed by atoms with Gasteiger partial charge in [0, 0.05) is 56.1 Å². The van der Waals surface area contributed by atoms with E-state index in [4.69, 9.17) is 0 Å². The van der Waals surface area contributed by atoms with Crippen LogP contribution < -0.4 is 9.13 Å². The third-order valence-electron chi connectivity index (χ3n) is 9.91. The lowest BCUT2D eigenvalue weighted by Gasteiger charge is -2.27. The number of pyridine rings is 2. The Morgan fingerprint density at radius 1 is 0.605 bits per heavy atom. The molecule has 5 heterocycles. The first-order valence-corrected chi connectivity index (χ1v) is 16.2. The van der Waals surface area contributed by atoms with E-state index in [9.17, 15) is 0 Å². The summed E-state index contributed by atoms with van der Waals surface area (Å²) in [4.78, 5) is 0. The van der Waals surface area contributed by atoms with E-state index in [-0.39, 0.29) is 0 Å². The molecule has 3 heteroatoms. The fourth-order valence-corrected chi connectivity index (χ4v) is 8.92. The first-order chi connectivity index (χ1) is 21.2. The largest absolute Gasteiger partial charge is 0.221 e. The molecule has 0 spiro atoms. The molecule has 0 radical (unpaired) electrons. The lowest BCUT2D eigenvalue weighted by molar-refractivity contribution is -0.689. The van der Waals surface area contributed by atoms with Crippen LogP contribution in [-0.2, 0) is 25.9 Å². The smallest absolute Gasteiger partial charge is 0.198 e. The Balaban J connectivity index is 1.27. The van der Waals surface area contributed by atoms with Crippen molar-refractivity contribution >= 4 is 54.4 Å². The van der Waals surface area contributed by atoms with E-state index in [2.05, 4.69) is 132 Å². The number of thiophene rings is 1. The van der Waals surface area contributed by atoms with Crippen molar-refractivity contribution in [3.63, 3.8) is 0 Å². The molecular weight excluding hydrogens is 541 g/mol. The monoisotopic (exact) mass is 572 g/mol. The number of hydrogen-bond acceptors (Lipinski definition) is 1. The quantitative estimate of drug-likeness (QED) is 0.183. The molecule has 3 aromatic heterocycles. The summed E-state index contributed by atoms with van der Waals surface area (Å²) in [6, 6.07) is 31.2. The van der Waals surface area contributed by atoms with Crippen LogP contribution in [0.5, 0.6) is 0 Å². The summed E-state index contributed by atoms with van der Waals surface area (Å²) in [6.07, 6.45) is 11.5. The van der Waals surface area contributed by atoms with E-state index in [1.807, 2.05) is 11.3 Å². The molecule has 9 rings (SSSR count). The molecule has 2 aliphatic rings. The first-order valence-electron chi connectivity index (χ1n) is 15.3. The SMILES string of the molecule is Cc1c(C)c2c(c3c1CC[n+]1ccccc1-3)-c1c3ccccc3c(/C=C/c3cccc4c3sc3ccccc34)c[n+]1CC2. The molecule has 0 N–H and O–H groups in total. The Kier molecular flexibility index (Phi) is 5.48. The summed E-state index contributed by atoms with van der Waals surface area (Å²) < 4.78 is 7.70. The average molecular weight is 573 g/mol. The van der Waals surface area contributed by atoms with E-state index in [0.717, 1.165) is 25.9 Å². The summed E-state index contributed by atoms with van der Waals surface area (Å²) in [6.45, 7) is 6.73. The van der Waals surface area contributed by atoms with Gasteiger partial charge in [-0.2, -0.15) is 9.13 Å². The van der Waals surface area contributed by atoms with Crippen molar-refractivity contribution < 1.29 is 9.13 Å². The second-order valence-electron chi connectivity index (χ2n) is 12.1. The minimum absolute atomic E-state index is 0.994. The van der Waals surface area contributed by atoms with Gasteiger partial charge in [-0.1, -0.05) is 60.7 Å². The molecule has 0 atom stereocenters. The Morgan fingerprint density at radius 2 is 1.28 bits per heavy atom. The van der Waals surface area contributed by atoms with Gasteiger partial charge in [-0.05, 0) is 65.9 Å². The molecular formula is C40H32N2S+2. The van der Waals surface area contributed by atoms with Crippen molar-refractivity contribution in [2.75, 3.05) is 0 Å². The van der Waals surface area contributed by atoms with Gasteiger partial charge in [0.1, 0.15) is 0 Å². The lowest BCUT2D eigenvalue weighted by Crippen LogP contribution is -2.43. The van der Waals surface area contributed by atoms with Crippen LogP contribution in [0.4, 0.5) is 0 Å². The summed E-state index contributed by atoms with van der Waals surface area (Å²) in [5.41, 5.74) is 14.2. The molecule has 2 aliphatic heterocycles. The van der Waals surface area contributed by atoms with Gasteiger partial charge in [0.2, 0.25) is 11.4 Å². The van der Waals surface area contributed by atoms with Gasteiger partial charge >= 0.3 is 0 Å². The molecule has 43 heavy (non-hydrogen) atoms. The zero-order valence-corrected chi connectivity index (χ0v) is 25.3. The lowest BCUT2D eigenvalue weighted by atomic mass is 9.79. The van der Waals surface area contributed by atoms with Crippen LogP contribution in [0, 0.1) is 13.8 Å². The van der Waals surface area contributed by atoms with Crippen LogP contribution in [0.3, 0.4) is 0 Å². The second kappa shape index (κ2) is 9.45. The Morgan fingerprint density at radius 3 is 2.14 bits per heavy atom. The number of nitrogens with zero attached hydrogens (tertiary/aromatic N) is 2. The van der Waals surface area contributed by atoms with Gasteiger partial charge in [-0.15, -0.1) is 11.3 Å². The van der Waals surface area contributed by atoms with Crippen molar-refractivity contribution in [1.29, 1.82) is 0 Å². The van der Waals surface area contributed by atoms with Crippen molar-refractivity contribution in [2.45, 2.75) is 39.8 Å². The fraction of sp³-hybridized carbons (Fsp3) is 0.150. The number of rotatable bonds is 2. The molecule has 0 saturated carbocycles. The predicted octanol–water partition coefficient (Wildman–Crippen LogP) is 9.02. The van der Waals surface area contributed by atoms with Crippen molar-refractivity contribution in [2.24, 2.45) is 0 Å². The fourth-order valence-electron chi connectivity index (χ4n) is 7.73. The maximum Gasteiger partial charge on any atom is 0.221 e. The topological polar surface area (TPSA) is 7.76 Å². The van der Waals surface area contributed by atoms with E-state index < -0.39 is 0 Å². The summed E-state index contributed by atoms with van der Waals surface area (Å²) in [5, 5.41) is 5.34. The highest BCUT2D eigenvalue weighted by Gasteiger charge is 2.37. The molecule has 7 aromatic rings. The third-order valence-corrected chi connectivity index (χ3v) is 11.1. The van der Waals surface area contributed by atoms with Crippen LogP contribution in [0.25, 0.3) is 65.6 Å². The average Bonchev–Trinajstić information content (AvgIpc) is 3.44. The highest BCUT2D eigenvalue weighted by atomic mass is 32.1. The van der Waals surface area contributed by atoms with E-state index in [0.29, 0.717) is 0 Å². The molecule has 0 amide bonds. The summed E-state index contributed by atoms with van der Waals surface area (Å²) >= 11 is 1.89. The van der Waals surface area contributed by atoms with Crippen molar-refractivity contribution in [3.05, 3.63) is 131 Å². The molecule has 0 aliphatic carbocycles. The number of aryl methyl sites for hydroxylation is 2. The number of aromatic nitrogens is 2. The maximum atomic E-state index is 2.54. The number of fused-ring (bicyclic) bond motifs is 12. The van der Waals surface area contributed by atoms with E-state index >= 15 is 0 Å². The molecule has 2 nitrogen and oxygen atoms in total. The van der Waals surface area contributed by atoms with E-state index in [1.165, 1.54) is 86.8 Å². The minimum atomic E-state index is 0.994. The molecule has 0 fully saturated rings. The Labute approximate surface area is 255 Å². The molecule has 206 valence electrons. The molecule has 0 bridgehead atoms. The Hall–Kier alpha value is -4.60. The van der Waals surface area contributed by atoms with Crippen molar-refractivity contribution in [3.8, 4) is 22.5 Å². The molecule has 0 saturated heterocycles. The van der Waals surface area contributed by atoms with Gasteiger partial charge in [-0.3, -0.25) is 0 Å². The maximum absolute atomic E-state index is 2.54. The highest BCUT2D eigenvalue weighted by Crippen LogP contribution is 2.45. The number of benzene rings is 4. The second-order valence-corrected chi connectivity index (χ2v) is 13.1. The first kappa shape index (κ1) is 24.9. The third kappa shape index (κ3) is 3.64.